The molecule has 0 aromatic heterocycles. The minimum Gasteiger partial charge on any atom is -0.399 e. The SMILES string of the molecule is CC.CO/N=C1\C=C2C3CC[C@H](C(C)=O)[C@@]3(C)CCC2[C@@]2(C)C[C@H](O)[C@H](O)C[C@@H]12. The van der Waals surface area contributed by atoms with E-state index in [0.717, 1.165) is 31.4 Å². The van der Waals surface area contributed by atoms with E-state index in [4.69, 9.17) is 4.84 Å². The van der Waals surface area contributed by atoms with Crippen molar-refractivity contribution in [2.75, 3.05) is 7.11 Å². The van der Waals surface area contributed by atoms with Crippen molar-refractivity contribution < 1.29 is 19.8 Å². The van der Waals surface area contributed by atoms with Crippen LogP contribution in [0.4, 0.5) is 0 Å². The van der Waals surface area contributed by atoms with Crippen molar-refractivity contribution >= 4 is 11.5 Å². The maximum absolute atomic E-state index is 12.3. The van der Waals surface area contributed by atoms with Gasteiger partial charge >= 0.3 is 0 Å². The van der Waals surface area contributed by atoms with Gasteiger partial charge in [-0.3, -0.25) is 4.79 Å². The zero-order valence-corrected chi connectivity index (χ0v) is 18.9. The number of allylic oxidation sites excluding steroid dienone is 2. The van der Waals surface area contributed by atoms with E-state index in [2.05, 4.69) is 25.1 Å². The predicted molar refractivity (Wildman–Crippen MR) is 114 cm³/mol. The van der Waals surface area contributed by atoms with Crippen LogP contribution in [0.15, 0.2) is 16.8 Å². The third kappa shape index (κ3) is 3.38. The van der Waals surface area contributed by atoms with Crippen LogP contribution in [0.5, 0.6) is 0 Å². The molecule has 0 spiro atoms. The Hall–Kier alpha value is -1.20. The first kappa shape index (κ1) is 22.5. The largest absolute Gasteiger partial charge is 0.399 e. The number of Topliss-reactive ketones (excluding diaryl/α,β-unsaturated/α-hetero) is 1. The summed E-state index contributed by atoms with van der Waals surface area (Å²) in [6.07, 6.45) is 6.06. The number of aliphatic hydroxyl groups is 2. The molecule has 5 nitrogen and oxygen atoms in total. The Balaban J connectivity index is 0.00000117. The molecule has 0 heterocycles. The molecule has 164 valence electrons. The first-order valence-corrected chi connectivity index (χ1v) is 11.4. The van der Waals surface area contributed by atoms with Gasteiger partial charge < -0.3 is 15.1 Å². The van der Waals surface area contributed by atoms with Crippen molar-refractivity contribution in [2.45, 2.75) is 85.4 Å². The summed E-state index contributed by atoms with van der Waals surface area (Å²) in [7, 11) is 1.56. The molecule has 0 saturated heterocycles. The second-order valence-electron chi connectivity index (χ2n) is 9.87. The lowest BCUT2D eigenvalue weighted by Gasteiger charge is -2.57. The fraction of sp³-hybridized carbons (Fsp3) is 0.833. The Kier molecular flexibility index (Phi) is 6.31. The highest BCUT2D eigenvalue weighted by Crippen LogP contribution is 2.65. The summed E-state index contributed by atoms with van der Waals surface area (Å²) >= 11 is 0. The van der Waals surface area contributed by atoms with E-state index in [1.165, 1.54) is 5.57 Å². The van der Waals surface area contributed by atoms with Crippen molar-refractivity contribution in [3.8, 4) is 0 Å². The van der Waals surface area contributed by atoms with E-state index in [-0.39, 0.29) is 22.7 Å². The lowest BCUT2D eigenvalue weighted by molar-refractivity contribution is -0.125. The topological polar surface area (TPSA) is 79.1 Å². The summed E-state index contributed by atoms with van der Waals surface area (Å²) in [4.78, 5) is 17.4. The Labute approximate surface area is 175 Å². The monoisotopic (exact) mass is 405 g/mol. The number of carbonyl (C=O) groups is 1. The van der Waals surface area contributed by atoms with Crippen molar-refractivity contribution in [3.05, 3.63) is 11.6 Å². The summed E-state index contributed by atoms with van der Waals surface area (Å²) in [5.41, 5.74) is 2.20. The highest BCUT2D eigenvalue weighted by molar-refractivity contribution is 5.99. The summed E-state index contributed by atoms with van der Waals surface area (Å²) in [6.45, 7) is 10.3. The number of rotatable bonds is 2. The molecular weight excluding hydrogens is 366 g/mol. The van der Waals surface area contributed by atoms with Crippen molar-refractivity contribution in [3.63, 3.8) is 0 Å². The average Bonchev–Trinajstić information content (AvgIpc) is 3.03. The number of carbonyl (C=O) groups excluding carboxylic acids is 1. The molecule has 3 saturated carbocycles. The van der Waals surface area contributed by atoms with Gasteiger partial charge in [-0.1, -0.05) is 38.4 Å². The van der Waals surface area contributed by atoms with Crippen LogP contribution in [0.2, 0.25) is 0 Å². The number of ketones is 1. The molecule has 8 atom stereocenters. The Morgan fingerprint density at radius 1 is 1.07 bits per heavy atom. The first-order valence-electron chi connectivity index (χ1n) is 11.4. The van der Waals surface area contributed by atoms with E-state index in [1.807, 2.05) is 13.8 Å². The molecule has 2 unspecified atom stereocenters. The molecule has 5 heteroatoms. The van der Waals surface area contributed by atoms with Gasteiger partial charge in [0, 0.05) is 11.8 Å². The Bertz CT molecular complexity index is 701. The molecule has 2 N–H and O–H groups in total. The fourth-order valence-corrected chi connectivity index (χ4v) is 7.28. The second kappa shape index (κ2) is 8.14. The van der Waals surface area contributed by atoms with Crippen LogP contribution in [0.25, 0.3) is 0 Å². The van der Waals surface area contributed by atoms with E-state index >= 15 is 0 Å². The third-order valence-corrected chi connectivity index (χ3v) is 8.63. The van der Waals surface area contributed by atoms with Crippen LogP contribution in [-0.2, 0) is 9.63 Å². The first-order chi connectivity index (χ1) is 13.7. The quantitative estimate of drug-likeness (QED) is 0.677. The smallest absolute Gasteiger partial charge is 0.133 e. The maximum Gasteiger partial charge on any atom is 0.133 e. The van der Waals surface area contributed by atoms with E-state index in [1.54, 1.807) is 14.0 Å². The highest BCUT2D eigenvalue weighted by Gasteiger charge is 2.60. The third-order valence-electron chi connectivity index (χ3n) is 8.63. The van der Waals surface area contributed by atoms with Gasteiger partial charge in [0.2, 0.25) is 0 Å². The zero-order valence-electron chi connectivity index (χ0n) is 18.9. The lowest BCUT2D eigenvalue weighted by Crippen LogP contribution is -2.56. The van der Waals surface area contributed by atoms with Crippen LogP contribution in [-0.4, -0.2) is 41.0 Å². The average molecular weight is 406 g/mol. The number of hydrogen-bond acceptors (Lipinski definition) is 5. The molecule has 0 amide bonds. The highest BCUT2D eigenvalue weighted by atomic mass is 16.6. The van der Waals surface area contributed by atoms with Gasteiger partial charge in [-0.25, -0.2) is 0 Å². The lowest BCUT2D eigenvalue weighted by atomic mass is 9.47. The Morgan fingerprint density at radius 2 is 1.72 bits per heavy atom. The zero-order chi connectivity index (χ0) is 21.6. The minimum atomic E-state index is -0.706. The van der Waals surface area contributed by atoms with Crippen molar-refractivity contribution in [1.82, 2.24) is 0 Å². The van der Waals surface area contributed by atoms with E-state index in [0.29, 0.717) is 30.5 Å². The van der Waals surface area contributed by atoms with Crippen LogP contribution in [0.3, 0.4) is 0 Å². The molecular formula is C24H39NO4. The second-order valence-corrected chi connectivity index (χ2v) is 9.87. The molecule has 3 fully saturated rings. The van der Waals surface area contributed by atoms with Crippen LogP contribution >= 0.6 is 0 Å². The van der Waals surface area contributed by atoms with Crippen LogP contribution < -0.4 is 0 Å². The molecule has 4 rings (SSSR count). The van der Waals surface area contributed by atoms with Gasteiger partial charge in [0.1, 0.15) is 12.9 Å². The molecule has 4 aliphatic carbocycles. The molecule has 0 aromatic carbocycles. The molecule has 4 aliphatic rings. The molecule has 0 bridgehead atoms. The van der Waals surface area contributed by atoms with Gasteiger partial charge in [-0.05, 0) is 74.2 Å². The van der Waals surface area contributed by atoms with Gasteiger partial charge in [0.25, 0.3) is 0 Å². The summed E-state index contributed by atoms with van der Waals surface area (Å²) < 4.78 is 0. The number of nitrogens with zero attached hydrogens (tertiary/aromatic N) is 1. The standard InChI is InChI=1S/C22H33NO4.C2H6/c1-12(24)14-5-6-15-13-9-18(23-27-4)17-10-19(25)20(26)11-22(17,3)16(13)7-8-21(14,15)2;1-2/h9,14-17,19-20,25-26H,5-8,10-11H2,1-4H3;1-2H3/b23-18+;/t14-,15?,16?,17+,19-,20+,21-,22-;/m1./s1. The molecule has 0 aromatic rings. The van der Waals surface area contributed by atoms with Crippen molar-refractivity contribution in [2.24, 2.45) is 39.7 Å². The van der Waals surface area contributed by atoms with Gasteiger partial charge in [-0.15, -0.1) is 0 Å². The maximum atomic E-state index is 12.3. The minimum absolute atomic E-state index is 0.0301. The number of aliphatic hydroxyl groups excluding tert-OH is 2. The van der Waals surface area contributed by atoms with E-state index in [9.17, 15) is 15.0 Å². The van der Waals surface area contributed by atoms with Crippen LogP contribution in [0.1, 0.15) is 73.1 Å². The molecule has 0 radical (unpaired) electrons. The van der Waals surface area contributed by atoms with E-state index < -0.39 is 12.2 Å². The molecule has 29 heavy (non-hydrogen) atoms. The van der Waals surface area contributed by atoms with Gasteiger partial charge in [0.05, 0.1) is 17.9 Å². The van der Waals surface area contributed by atoms with Crippen molar-refractivity contribution in [1.29, 1.82) is 0 Å². The fourth-order valence-electron chi connectivity index (χ4n) is 7.28. The van der Waals surface area contributed by atoms with Gasteiger partial charge in [-0.2, -0.15) is 0 Å². The van der Waals surface area contributed by atoms with Gasteiger partial charge in [0.15, 0.2) is 0 Å². The summed E-state index contributed by atoms with van der Waals surface area (Å²) in [5.74, 6) is 1.34. The normalized spacial score (nSPS) is 47.2. The summed E-state index contributed by atoms with van der Waals surface area (Å²) in [6, 6.07) is 0. The molecule has 0 aliphatic heterocycles. The number of hydrogen-bond donors (Lipinski definition) is 2. The summed E-state index contributed by atoms with van der Waals surface area (Å²) in [5, 5.41) is 25.1. The number of fused-ring (bicyclic) bond motifs is 5. The number of oxime groups is 1. The predicted octanol–water partition coefficient (Wildman–Crippen LogP) is 4.12. The van der Waals surface area contributed by atoms with Crippen LogP contribution in [0, 0.1) is 34.5 Å². The Morgan fingerprint density at radius 3 is 2.34 bits per heavy atom.